The molecule has 1 aliphatic heterocycles. The van der Waals surface area contributed by atoms with Crippen LogP contribution in [0.3, 0.4) is 0 Å². The van der Waals surface area contributed by atoms with Crippen molar-refractivity contribution in [1.29, 1.82) is 0 Å². The molecule has 0 radical (unpaired) electrons. The van der Waals surface area contributed by atoms with E-state index in [1.807, 2.05) is 0 Å². The predicted octanol–water partition coefficient (Wildman–Crippen LogP) is 2.29. The summed E-state index contributed by atoms with van der Waals surface area (Å²) >= 11 is 1.15. The molecule has 3 aromatic rings. The standard InChI is InChI=1S/C18H19N5O3S2/c24-17(21-14-4-6-16(19-13-14)23-11-3-8-20-23)12-15-5-7-18(27-15)28(25,26)22-9-1-2-10-22/h3-8,11,13H,1-2,9-10,12H2,(H,21,24). The van der Waals surface area contributed by atoms with Crippen molar-refractivity contribution in [3.63, 3.8) is 0 Å². The normalized spacial score (nSPS) is 15.0. The fourth-order valence-corrected chi connectivity index (χ4v) is 6.04. The van der Waals surface area contributed by atoms with Crippen LogP contribution in [0, 0.1) is 0 Å². The van der Waals surface area contributed by atoms with Crippen LogP contribution in [-0.2, 0) is 21.2 Å². The number of anilines is 1. The number of nitrogens with zero attached hydrogens (tertiary/aromatic N) is 4. The van der Waals surface area contributed by atoms with E-state index in [0.717, 1.165) is 24.2 Å². The van der Waals surface area contributed by atoms with Crippen molar-refractivity contribution in [3.8, 4) is 5.82 Å². The number of nitrogens with one attached hydrogen (secondary N) is 1. The fraction of sp³-hybridized carbons (Fsp3) is 0.278. The monoisotopic (exact) mass is 417 g/mol. The maximum atomic E-state index is 12.6. The van der Waals surface area contributed by atoms with E-state index in [4.69, 9.17) is 0 Å². The topological polar surface area (TPSA) is 97.2 Å². The van der Waals surface area contributed by atoms with Crippen molar-refractivity contribution in [2.24, 2.45) is 0 Å². The number of rotatable bonds is 6. The van der Waals surface area contributed by atoms with Crippen molar-refractivity contribution in [2.75, 3.05) is 18.4 Å². The Kier molecular flexibility index (Phi) is 5.25. The van der Waals surface area contributed by atoms with E-state index in [1.54, 1.807) is 53.6 Å². The Bertz CT molecular complexity index is 1050. The second kappa shape index (κ2) is 7.82. The van der Waals surface area contributed by atoms with Gasteiger partial charge >= 0.3 is 0 Å². The van der Waals surface area contributed by atoms with Gasteiger partial charge < -0.3 is 5.32 Å². The molecule has 0 atom stereocenters. The molecule has 146 valence electrons. The number of thiophene rings is 1. The highest BCUT2D eigenvalue weighted by atomic mass is 32.2. The van der Waals surface area contributed by atoms with Gasteiger partial charge in [0.05, 0.1) is 18.3 Å². The second-order valence-corrected chi connectivity index (χ2v) is 9.75. The van der Waals surface area contributed by atoms with Crippen LogP contribution in [0.5, 0.6) is 0 Å². The summed E-state index contributed by atoms with van der Waals surface area (Å²) < 4.78 is 28.6. The first-order valence-electron chi connectivity index (χ1n) is 8.87. The van der Waals surface area contributed by atoms with Crippen LogP contribution in [0.4, 0.5) is 5.69 Å². The quantitative estimate of drug-likeness (QED) is 0.664. The number of hydrogen-bond donors (Lipinski definition) is 1. The molecule has 1 N–H and O–H groups in total. The van der Waals surface area contributed by atoms with E-state index >= 15 is 0 Å². The lowest BCUT2D eigenvalue weighted by atomic mass is 10.3. The average Bonchev–Trinajstić information content (AvgIpc) is 3.44. The highest BCUT2D eigenvalue weighted by Gasteiger charge is 2.28. The summed E-state index contributed by atoms with van der Waals surface area (Å²) in [5, 5.41) is 6.88. The second-order valence-electron chi connectivity index (χ2n) is 6.41. The maximum absolute atomic E-state index is 12.6. The lowest BCUT2D eigenvalue weighted by Crippen LogP contribution is -2.27. The minimum atomic E-state index is -3.44. The molecular formula is C18H19N5O3S2. The zero-order chi connectivity index (χ0) is 19.6. The molecule has 3 aromatic heterocycles. The smallest absolute Gasteiger partial charge is 0.252 e. The van der Waals surface area contributed by atoms with Crippen LogP contribution in [0.2, 0.25) is 0 Å². The molecule has 0 unspecified atom stereocenters. The van der Waals surface area contributed by atoms with E-state index in [9.17, 15) is 13.2 Å². The molecule has 4 heterocycles. The summed E-state index contributed by atoms with van der Waals surface area (Å²) in [6, 6.07) is 8.60. The summed E-state index contributed by atoms with van der Waals surface area (Å²) in [5.74, 6) is 0.429. The molecule has 8 nitrogen and oxygen atoms in total. The minimum absolute atomic E-state index is 0.112. The summed E-state index contributed by atoms with van der Waals surface area (Å²) in [4.78, 5) is 17.3. The van der Waals surface area contributed by atoms with Gasteiger partial charge in [-0.1, -0.05) is 0 Å². The molecule has 1 fully saturated rings. The molecule has 0 spiro atoms. The molecule has 0 bridgehead atoms. The average molecular weight is 418 g/mol. The van der Waals surface area contributed by atoms with Gasteiger partial charge in [-0.15, -0.1) is 11.3 Å². The highest BCUT2D eigenvalue weighted by molar-refractivity contribution is 7.91. The summed E-state index contributed by atoms with van der Waals surface area (Å²) in [5.41, 5.74) is 0.572. The van der Waals surface area contributed by atoms with Crippen LogP contribution >= 0.6 is 11.3 Å². The Hall–Kier alpha value is -2.56. The van der Waals surface area contributed by atoms with Crippen molar-refractivity contribution in [2.45, 2.75) is 23.5 Å². The Morgan fingerprint density at radius 1 is 1.18 bits per heavy atom. The molecule has 0 saturated carbocycles. The summed E-state index contributed by atoms with van der Waals surface area (Å²) in [6.07, 6.45) is 6.91. The predicted molar refractivity (Wildman–Crippen MR) is 106 cm³/mol. The van der Waals surface area contributed by atoms with Gasteiger partial charge in [-0.2, -0.15) is 9.40 Å². The van der Waals surface area contributed by atoms with E-state index in [0.29, 0.717) is 33.7 Å². The zero-order valence-electron chi connectivity index (χ0n) is 15.0. The molecule has 4 rings (SSSR count). The lowest BCUT2D eigenvalue weighted by molar-refractivity contribution is -0.115. The van der Waals surface area contributed by atoms with Crippen molar-refractivity contribution < 1.29 is 13.2 Å². The number of carbonyl (C=O) groups excluding carboxylic acids is 1. The van der Waals surface area contributed by atoms with E-state index < -0.39 is 10.0 Å². The molecule has 1 amide bonds. The Morgan fingerprint density at radius 3 is 2.68 bits per heavy atom. The third-order valence-electron chi connectivity index (χ3n) is 4.40. The number of aromatic nitrogens is 3. The van der Waals surface area contributed by atoms with Gasteiger partial charge in [-0.3, -0.25) is 4.79 Å². The lowest BCUT2D eigenvalue weighted by Gasteiger charge is -2.13. The number of sulfonamides is 1. The van der Waals surface area contributed by atoms with Gasteiger partial charge in [-0.05, 0) is 43.2 Å². The van der Waals surface area contributed by atoms with Crippen molar-refractivity contribution >= 4 is 33.0 Å². The van der Waals surface area contributed by atoms with E-state index in [1.165, 1.54) is 4.31 Å². The molecule has 0 aliphatic carbocycles. The first-order chi connectivity index (χ1) is 13.5. The number of pyridine rings is 1. The molecule has 10 heteroatoms. The first-order valence-corrected chi connectivity index (χ1v) is 11.1. The van der Waals surface area contributed by atoms with E-state index in [-0.39, 0.29) is 12.3 Å². The van der Waals surface area contributed by atoms with Crippen LogP contribution < -0.4 is 5.32 Å². The third kappa shape index (κ3) is 3.98. The Morgan fingerprint density at radius 2 is 2.00 bits per heavy atom. The third-order valence-corrected chi connectivity index (χ3v) is 7.85. The minimum Gasteiger partial charge on any atom is -0.324 e. The van der Waals surface area contributed by atoms with Gasteiger partial charge in [-0.25, -0.2) is 18.1 Å². The molecular weight excluding hydrogens is 398 g/mol. The highest BCUT2D eigenvalue weighted by Crippen LogP contribution is 2.27. The van der Waals surface area contributed by atoms with Crippen LogP contribution in [0.15, 0.2) is 53.1 Å². The molecule has 0 aromatic carbocycles. The summed E-state index contributed by atoms with van der Waals surface area (Å²) in [6.45, 7) is 1.13. The van der Waals surface area contributed by atoms with Gasteiger partial charge in [0, 0.05) is 30.4 Å². The largest absolute Gasteiger partial charge is 0.324 e. The Labute approximate surface area is 166 Å². The van der Waals surface area contributed by atoms with Crippen LogP contribution in [-0.4, -0.2) is 46.5 Å². The van der Waals surface area contributed by atoms with Crippen molar-refractivity contribution in [3.05, 3.63) is 53.8 Å². The summed E-state index contributed by atoms with van der Waals surface area (Å²) in [7, 11) is -3.44. The number of amides is 1. The van der Waals surface area contributed by atoms with Crippen LogP contribution in [0.25, 0.3) is 5.82 Å². The first kappa shape index (κ1) is 18.8. The molecule has 1 saturated heterocycles. The van der Waals surface area contributed by atoms with E-state index in [2.05, 4.69) is 15.4 Å². The van der Waals surface area contributed by atoms with Crippen LogP contribution in [0.1, 0.15) is 17.7 Å². The maximum Gasteiger partial charge on any atom is 0.252 e. The number of hydrogen-bond acceptors (Lipinski definition) is 6. The van der Waals surface area contributed by atoms with Gasteiger partial charge in [0.1, 0.15) is 4.21 Å². The fourth-order valence-electron chi connectivity index (χ4n) is 3.01. The molecule has 28 heavy (non-hydrogen) atoms. The molecule has 1 aliphatic rings. The van der Waals surface area contributed by atoms with Gasteiger partial charge in [0.25, 0.3) is 10.0 Å². The SMILES string of the molecule is O=C(Cc1ccc(S(=O)(=O)N2CCCC2)s1)Nc1ccc(-n2cccn2)nc1. The van der Waals surface area contributed by atoms with Gasteiger partial charge in [0.2, 0.25) is 5.91 Å². The van der Waals surface area contributed by atoms with Crippen molar-refractivity contribution in [1.82, 2.24) is 19.1 Å². The zero-order valence-corrected chi connectivity index (χ0v) is 16.6. The Balaban J connectivity index is 1.38. The number of carbonyl (C=O) groups is 1. The van der Waals surface area contributed by atoms with Gasteiger partial charge in [0.15, 0.2) is 5.82 Å².